The fourth-order valence-electron chi connectivity index (χ4n) is 1.28. The molecular weight excluding hydrogens is 204 g/mol. The van der Waals surface area contributed by atoms with E-state index < -0.39 is 0 Å². The SMILES string of the molecule is CC(C)c1ccc(OCCC(=O)NN)cc1. The standard InChI is InChI=1S/C12H18N2O2/c1-9(2)10-3-5-11(6-4-10)16-8-7-12(15)14-13/h3-6,9H,7-8,13H2,1-2H3,(H,14,15). The lowest BCUT2D eigenvalue weighted by atomic mass is 10.0. The van der Waals surface area contributed by atoms with Gasteiger partial charge in [0.2, 0.25) is 5.91 Å². The van der Waals surface area contributed by atoms with Gasteiger partial charge in [-0.15, -0.1) is 0 Å². The zero-order valence-corrected chi connectivity index (χ0v) is 9.69. The van der Waals surface area contributed by atoms with Crippen molar-refractivity contribution in [3.63, 3.8) is 0 Å². The smallest absolute Gasteiger partial charge is 0.237 e. The minimum absolute atomic E-state index is 0.223. The van der Waals surface area contributed by atoms with Crippen LogP contribution in [0.15, 0.2) is 24.3 Å². The Morgan fingerprint density at radius 3 is 2.50 bits per heavy atom. The summed E-state index contributed by atoms with van der Waals surface area (Å²) in [6, 6.07) is 7.89. The molecule has 16 heavy (non-hydrogen) atoms. The van der Waals surface area contributed by atoms with Crippen molar-refractivity contribution in [2.24, 2.45) is 5.84 Å². The van der Waals surface area contributed by atoms with Crippen LogP contribution >= 0.6 is 0 Å². The second-order valence-corrected chi connectivity index (χ2v) is 3.89. The summed E-state index contributed by atoms with van der Waals surface area (Å²) in [7, 11) is 0. The van der Waals surface area contributed by atoms with E-state index in [1.165, 1.54) is 5.56 Å². The van der Waals surface area contributed by atoms with Crippen molar-refractivity contribution >= 4 is 5.91 Å². The average Bonchev–Trinajstić information content (AvgIpc) is 2.29. The Labute approximate surface area is 95.8 Å². The highest BCUT2D eigenvalue weighted by atomic mass is 16.5. The Morgan fingerprint density at radius 2 is 2.00 bits per heavy atom. The quantitative estimate of drug-likeness (QED) is 0.451. The number of hydrogen-bond acceptors (Lipinski definition) is 3. The van der Waals surface area contributed by atoms with Crippen molar-refractivity contribution in [3.8, 4) is 5.75 Å². The van der Waals surface area contributed by atoms with Gasteiger partial charge in [-0.1, -0.05) is 26.0 Å². The summed E-state index contributed by atoms with van der Waals surface area (Å²) in [5.41, 5.74) is 3.33. The van der Waals surface area contributed by atoms with Gasteiger partial charge in [0.05, 0.1) is 13.0 Å². The van der Waals surface area contributed by atoms with Crippen LogP contribution in [0.25, 0.3) is 0 Å². The highest BCUT2D eigenvalue weighted by molar-refractivity contribution is 5.75. The molecule has 4 heteroatoms. The molecule has 0 aromatic heterocycles. The number of rotatable bonds is 5. The van der Waals surface area contributed by atoms with Crippen LogP contribution < -0.4 is 16.0 Å². The number of carbonyl (C=O) groups excluding carboxylic acids is 1. The number of hydrazine groups is 1. The molecular formula is C12H18N2O2. The molecule has 0 saturated heterocycles. The van der Waals surface area contributed by atoms with Gasteiger partial charge in [0.25, 0.3) is 0 Å². The molecule has 88 valence electrons. The lowest BCUT2D eigenvalue weighted by molar-refractivity contribution is -0.121. The molecule has 1 amide bonds. The predicted molar refractivity (Wildman–Crippen MR) is 63.0 cm³/mol. The maximum absolute atomic E-state index is 10.8. The van der Waals surface area contributed by atoms with Gasteiger partial charge in [-0.25, -0.2) is 5.84 Å². The van der Waals surface area contributed by atoms with Crippen LogP contribution in [-0.4, -0.2) is 12.5 Å². The fraction of sp³-hybridized carbons (Fsp3) is 0.417. The third-order valence-corrected chi connectivity index (χ3v) is 2.31. The number of nitrogens with two attached hydrogens (primary N) is 1. The fourth-order valence-corrected chi connectivity index (χ4v) is 1.28. The second-order valence-electron chi connectivity index (χ2n) is 3.89. The minimum atomic E-state index is -0.223. The van der Waals surface area contributed by atoms with E-state index in [9.17, 15) is 4.79 Å². The monoisotopic (exact) mass is 222 g/mol. The normalized spacial score (nSPS) is 10.2. The molecule has 0 saturated carbocycles. The van der Waals surface area contributed by atoms with Gasteiger partial charge < -0.3 is 4.74 Å². The largest absolute Gasteiger partial charge is 0.493 e. The molecule has 0 atom stereocenters. The van der Waals surface area contributed by atoms with Gasteiger partial charge in [-0.3, -0.25) is 10.2 Å². The summed E-state index contributed by atoms with van der Waals surface area (Å²) in [6.07, 6.45) is 0.266. The van der Waals surface area contributed by atoms with E-state index in [4.69, 9.17) is 10.6 Å². The van der Waals surface area contributed by atoms with E-state index in [0.717, 1.165) is 5.75 Å². The molecule has 1 rings (SSSR count). The van der Waals surface area contributed by atoms with Gasteiger partial charge in [-0.2, -0.15) is 0 Å². The minimum Gasteiger partial charge on any atom is -0.493 e. The number of benzene rings is 1. The number of carbonyl (C=O) groups is 1. The first-order valence-corrected chi connectivity index (χ1v) is 5.35. The average molecular weight is 222 g/mol. The van der Waals surface area contributed by atoms with Crippen LogP contribution in [0.1, 0.15) is 31.7 Å². The van der Waals surface area contributed by atoms with Crippen LogP contribution in [0.3, 0.4) is 0 Å². The van der Waals surface area contributed by atoms with E-state index in [2.05, 4.69) is 19.3 Å². The Bertz CT molecular complexity index is 333. The van der Waals surface area contributed by atoms with Gasteiger partial charge in [0.1, 0.15) is 5.75 Å². The van der Waals surface area contributed by atoms with Gasteiger partial charge in [0, 0.05) is 0 Å². The Hall–Kier alpha value is -1.55. The topological polar surface area (TPSA) is 64.3 Å². The highest BCUT2D eigenvalue weighted by Crippen LogP contribution is 2.18. The van der Waals surface area contributed by atoms with E-state index in [1.807, 2.05) is 24.3 Å². The number of nitrogens with one attached hydrogen (secondary N) is 1. The molecule has 0 fully saturated rings. The van der Waals surface area contributed by atoms with E-state index in [-0.39, 0.29) is 12.3 Å². The number of hydrogen-bond donors (Lipinski definition) is 2. The van der Waals surface area contributed by atoms with Gasteiger partial charge in [0.15, 0.2) is 0 Å². The molecule has 0 bridgehead atoms. The summed E-state index contributed by atoms with van der Waals surface area (Å²) >= 11 is 0. The maximum Gasteiger partial charge on any atom is 0.237 e. The summed E-state index contributed by atoms with van der Waals surface area (Å²) in [5.74, 6) is 6.01. The molecule has 0 heterocycles. The van der Waals surface area contributed by atoms with Crippen LogP contribution in [0.4, 0.5) is 0 Å². The van der Waals surface area contributed by atoms with E-state index in [1.54, 1.807) is 0 Å². The first kappa shape index (κ1) is 12.5. The molecule has 0 aliphatic rings. The molecule has 0 aliphatic heterocycles. The van der Waals surface area contributed by atoms with Crippen LogP contribution in [0, 0.1) is 0 Å². The van der Waals surface area contributed by atoms with Crippen molar-refractivity contribution in [2.45, 2.75) is 26.2 Å². The molecule has 1 aromatic carbocycles. The number of amides is 1. The van der Waals surface area contributed by atoms with Crippen LogP contribution in [-0.2, 0) is 4.79 Å². The summed E-state index contributed by atoms with van der Waals surface area (Å²) in [4.78, 5) is 10.8. The second kappa shape index (κ2) is 6.12. The Morgan fingerprint density at radius 1 is 1.38 bits per heavy atom. The van der Waals surface area contributed by atoms with Crippen molar-refractivity contribution < 1.29 is 9.53 Å². The summed E-state index contributed by atoms with van der Waals surface area (Å²) in [5, 5.41) is 0. The Kier molecular flexibility index (Phi) is 4.79. The molecule has 3 N–H and O–H groups in total. The molecule has 0 aliphatic carbocycles. The third kappa shape index (κ3) is 3.90. The van der Waals surface area contributed by atoms with Gasteiger partial charge in [-0.05, 0) is 23.6 Å². The lowest BCUT2D eigenvalue weighted by Gasteiger charge is -2.08. The molecule has 1 aromatic rings. The summed E-state index contributed by atoms with van der Waals surface area (Å²) < 4.78 is 5.40. The summed E-state index contributed by atoms with van der Waals surface area (Å²) in [6.45, 7) is 4.62. The predicted octanol–water partition coefficient (Wildman–Crippen LogP) is 1.57. The van der Waals surface area contributed by atoms with Crippen molar-refractivity contribution in [3.05, 3.63) is 29.8 Å². The zero-order valence-electron chi connectivity index (χ0n) is 9.69. The molecule has 0 spiro atoms. The van der Waals surface area contributed by atoms with Crippen molar-refractivity contribution in [1.29, 1.82) is 0 Å². The molecule has 0 unspecified atom stereocenters. The molecule has 4 nitrogen and oxygen atoms in total. The first-order chi connectivity index (χ1) is 7.63. The van der Waals surface area contributed by atoms with Crippen LogP contribution in [0.2, 0.25) is 0 Å². The van der Waals surface area contributed by atoms with E-state index >= 15 is 0 Å². The lowest BCUT2D eigenvalue weighted by Crippen LogP contribution is -2.31. The maximum atomic E-state index is 10.8. The molecule has 0 radical (unpaired) electrons. The number of ether oxygens (including phenoxy) is 1. The van der Waals surface area contributed by atoms with Crippen molar-refractivity contribution in [1.82, 2.24) is 5.43 Å². The Balaban J connectivity index is 2.40. The van der Waals surface area contributed by atoms with Crippen molar-refractivity contribution in [2.75, 3.05) is 6.61 Å². The van der Waals surface area contributed by atoms with Gasteiger partial charge >= 0.3 is 0 Å². The third-order valence-electron chi connectivity index (χ3n) is 2.31. The zero-order chi connectivity index (χ0) is 12.0. The van der Waals surface area contributed by atoms with Crippen LogP contribution in [0.5, 0.6) is 5.75 Å². The van der Waals surface area contributed by atoms with E-state index in [0.29, 0.717) is 12.5 Å². The highest BCUT2D eigenvalue weighted by Gasteiger charge is 2.01. The first-order valence-electron chi connectivity index (χ1n) is 5.35.